The van der Waals surface area contributed by atoms with Gasteiger partial charge in [0.2, 0.25) is 0 Å². The van der Waals surface area contributed by atoms with Gasteiger partial charge in [-0.05, 0) is 55.3 Å². The van der Waals surface area contributed by atoms with Crippen LogP contribution in [0.4, 0.5) is 0 Å². The highest BCUT2D eigenvalue weighted by atomic mass is 16.1. The summed E-state index contributed by atoms with van der Waals surface area (Å²) in [6.45, 7) is 4.48. The van der Waals surface area contributed by atoms with Gasteiger partial charge in [0, 0.05) is 17.1 Å². The molecule has 0 spiro atoms. The summed E-state index contributed by atoms with van der Waals surface area (Å²) in [6, 6.07) is 18.5. The van der Waals surface area contributed by atoms with Gasteiger partial charge in [0.1, 0.15) is 0 Å². The Balaban J connectivity index is 1.65. The van der Waals surface area contributed by atoms with Crippen molar-refractivity contribution in [2.24, 2.45) is 0 Å². The first-order valence-electron chi connectivity index (χ1n) is 9.77. The molecule has 2 heterocycles. The quantitative estimate of drug-likeness (QED) is 0.559. The van der Waals surface area contributed by atoms with Crippen molar-refractivity contribution in [3.05, 3.63) is 105 Å². The van der Waals surface area contributed by atoms with Crippen molar-refractivity contribution in [3.8, 4) is 0 Å². The maximum Gasteiger partial charge on any atom is 0.275 e. The van der Waals surface area contributed by atoms with Crippen molar-refractivity contribution >= 4 is 16.7 Å². The molecule has 0 aliphatic carbocycles. The maximum atomic E-state index is 12.9. The second kappa shape index (κ2) is 8.29. The Morgan fingerprint density at radius 3 is 2.47 bits per heavy atom. The molecule has 0 saturated carbocycles. The van der Waals surface area contributed by atoms with Gasteiger partial charge in [-0.1, -0.05) is 30.3 Å². The molecular weight excluding hydrogens is 376 g/mol. The van der Waals surface area contributed by atoms with E-state index >= 15 is 0 Å². The van der Waals surface area contributed by atoms with Crippen molar-refractivity contribution in [1.82, 2.24) is 20.1 Å². The van der Waals surface area contributed by atoms with Crippen LogP contribution in [0.3, 0.4) is 0 Å². The number of benzene rings is 2. The molecule has 2 aromatic heterocycles. The van der Waals surface area contributed by atoms with Gasteiger partial charge in [-0.15, -0.1) is 0 Å². The number of amides is 1. The third kappa shape index (κ3) is 3.98. The summed E-state index contributed by atoms with van der Waals surface area (Å²) in [6.07, 6.45) is 1.69. The summed E-state index contributed by atoms with van der Waals surface area (Å²) in [5, 5.41) is 8.78. The van der Waals surface area contributed by atoms with Gasteiger partial charge in [-0.25, -0.2) is 4.68 Å². The van der Waals surface area contributed by atoms with Crippen LogP contribution in [-0.4, -0.2) is 20.7 Å². The Morgan fingerprint density at radius 1 is 0.967 bits per heavy atom. The SMILES string of the molecule is Cc1ccc(C(=O)NCc2nn(Cc3ccccn3)c(=O)c3ccccc23)cc1C. The van der Waals surface area contributed by atoms with E-state index in [4.69, 9.17) is 0 Å². The maximum absolute atomic E-state index is 12.9. The first kappa shape index (κ1) is 19.5. The number of hydrogen-bond donors (Lipinski definition) is 1. The van der Waals surface area contributed by atoms with E-state index < -0.39 is 0 Å². The number of nitrogens with zero attached hydrogens (tertiary/aromatic N) is 3. The molecule has 0 fully saturated rings. The van der Waals surface area contributed by atoms with Crippen LogP contribution in [0.25, 0.3) is 10.8 Å². The largest absolute Gasteiger partial charge is 0.346 e. The van der Waals surface area contributed by atoms with Crippen LogP contribution in [0.15, 0.2) is 71.7 Å². The van der Waals surface area contributed by atoms with E-state index in [1.54, 1.807) is 12.3 Å². The number of aromatic nitrogens is 3. The summed E-state index contributed by atoms with van der Waals surface area (Å²) in [5.41, 5.74) is 4.01. The highest BCUT2D eigenvalue weighted by molar-refractivity contribution is 5.94. The normalized spacial score (nSPS) is 10.9. The standard InChI is InChI=1S/C24H22N4O2/c1-16-10-11-18(13-17(16)2)23(29)26-14-22-20-8-3-4-9-21(20)24(30)28(27-22)15-19-7-5-6-12-25-19/h3-13H,14-15H2,1-2H3,(H,26,29). The lowest BCUT2D eigenvalue weighted by Gasteiger charge is -2.12. The monoisotopic (exact) mass is 398 g/mol. The van der Waals surface area contributed by atoms with Crippen LogP contribution in [0, 0.1) is 13.8 Å². The van der Waals surface area contributed by atoms with Gasteiger partial charge in [0.15, 0.2) is 0 Å². The molecule has 0 bridgehead atoms. The second-order valence-electron chi connectivity index (χ2n) is 7.26. The Morgan fingerprint density at radius 2 is 1.73 bits per heavy atom. The van der Waals surface area contributed by atoms with E-state index in [0.29, 0.717) is 16.6 Å². The molecule has 30 heavy (non-hydrogen) atoms. The lowest BCUT2D eigenvalue weighted by atomic mass is 10.1. The minimum absolute atomic E-state index is 0.175. The highest BCUT2D eigenvalue weighted by Crippen LogP contribution is 2.14. The summed E-state index contributed by atoms with van der Waals surface area (Å²) < 4.78 is 1.40. The van der Waals surface area contributed by atoms with Crippen molar-refractivity contribution in [2.75, 3.05) is 0 Å². The van der Waals surface area contributed by atoms with Crippen LogP contribution in [0.5, 0.6) is 0 Å². The molecule has 4 aromatic rings. The van der Waals surface area contributed by atoms with Crippen LogP contribution in [0.1, 0.15) is 32.9 Å². The fourth-order valence-electron chi connectivity index (χ4n) is 3.34. The molecule has 0 atom stereocenters. The predicted octanol–water partition coefficient (Wildman–Crippen LogP) is 3.39. The van der Waals surface area contributed by atoms with E-state index in [1.807, 2.05) is 68.4 Å². The van der Waals surface area contributed by atoms with Crippen LogP contribution in [-0.2, 0) is 13.1 Å². The molecule has 0 aliphatic rings. The molecule has 150 valence electrons. The molecular formula is C24H22N4O2. The van der Waals surface area contributed by atoms with Crippen LogP contribution < -0.4 is 10.9 Å². The van der Waals surface area contributed by atoms with E-state index in [1.165, 1.54) is 4.68 Å². The molecule has 1 amide bonds. The summed E-state index contributed by atoms with van der Waals surface area (Å²) in [7, 11) is 0. The molecule has 0 aliphatic heterocycles. The highest BCUT2D eigenvalue weighted by Gasteiger charge is 2.13. The molecule has 0 radical (unpaired) electrons. The third-order valence-corrected chi connectivity index (χ3v) is 5.17. The summed E-state index contributed by atoms with van der Waals surface area (Å²) >= 11 is 0. The summed E-state index contributed by atoms with van der Waals surface area (Å²) in [5.74, 6) is -0.175. The molecule has 6 nitrogen and oxygen atoms in total. The van der Waals surface area contributed by atoms with E-state index in [2.05, 4.69) is 15.4 Å². The number of fused-ring (bicyclic) bond motifs is 1. The zero-order valence-corrected chi connectivity index (χ0v) is 16.9. The lowest BCUT2D eigenvalue weighted by molar-refractivity contribution is 0.0950. The number of pyridine rings is 1. The Bertz CT molecular complexity index is 1280. The van der Waals surface area contributed by atoms with Gasteiger partial charge in [-0.3, -0.25) is 14.6 Å². The van der Waals surface area contributed by atoms with Gasteiger partial charge in [0.05, 0.1) is 29.9 Å². The van der Waals surface area contributed by atoms with Crippen molar-refractivity contribution < 1.29 is 4.79 Å². The zero-order chi connectivity index (χ0) is 21.1. The van der Waals surface area contributed by atoms with E-state index in [9.17, 15) is 9.59 Å². The minimum atomic E-state index is -0.180. The Hall–Kier alpha value is -3.80. The number of carbonyl (C=O) groups is 1. The zero-order valence-electron chi connectivity index (χ0n) is 16.9. The number of rotatable bonds is 5. The molecule has 6 heteroatoms. The summed E-state index contributed by atoms with van der Waals surface area (Å²) in [4.78, 5) is 29.8. The minimum Gasteiger partial charge on any atom is -0.346 e. The van der Waals surface area contributed by atoms with E-state index in [-0.39, 0.29) is 24.6 Å². The molecule has 1 N–H and O–H groups in total. The van der Waals surface area contributed by atoms with Crippen molar-refractivity contribution in [3.63, 3.8) is 0 Å². The van der Waals surface area contributed by atoms with Crippen LogP contribution in [0.2, 0.25) is 0 Å². The molecule has 4 rings (SSSR count). The Kier molecular flexibility index (Phi) is 5.39. The van der Waals surface area contributed by atoms with E-state index in [0.717, 1.165) is 22.2 Å². The second-order valence-corrected chi connectivity index (χ2v) is 7.26. The first-order valence-corrected chi connectivity index (χ1v) is 9.77. The van der Waals surface area contributed by atoms with Gasteiger partial charge >= 0.3 is 0 Å². The predicted molar refractivity (Wildman–Crippen MR) is 116 cm³/mol. The number of hydrogen-bond acceptors (Lipinski definition) is 4. The lowest BCUT2D eigenvalue weighted by Crippen LogP contribution is -2.29. The first-order chi connectivity index (χ1) is 14.5. The molecule has 0 saturated heterocycles. The van der Waals surface area contributed by atoms with Gasteiger partial charge in [0.25, 0.3) is 11.5 Å². The third-order valence-electron chi connectivity index (χ3n) is 5.17. The average Bonchev–Trinajstić information content (AvgIpc) is 2.77. The fraction of sp³-hybridized carbons (Fsp3) is 0.167. The Labute approximate surface area is 174 Å². The van der Waals surface area contributed by atoms with Gasteiger partial charge in [-0.2, -0.15) is 5.10 Å². The topological polar surface area (TPSA) is 76.9 Å². The van der Waals surface area contributed by atoms with Crippen molar-refractivity contribution in [1.29, 1.82) is 0 Å². The van der Waals surface area contributed by atoms with Gasteiger partial charge < -0.3 is 5.32 Å². The number of nitrogens with one attached hydrogen (secondary N) is 1. The van der Waals surface area contributed by atoms with Crippen LogP contribution >= 0.6 is 0 Å². The molecule has 0 unspecified atom stereocenters. The number of carbonyl (C=O) groups excluding carboxylic acids is 1. The fourth-order valence-corrected chi connectivity index (χ4v) is 3.34. The number of aryl methyl sites for hydroxylation is 2. The molecule has 2 aromatic carbocycles. The smallest absolute Gasteiger partial charge is 0.275 e. The van der Waals surface area contributed by atoms with Crippen molar-refractivity contribution in [2.45, 2.75) is 26.9 Å². The average molecular weight is 398 g/mol.